The quantitative estimate of drug-likeness (QED) is 0.529. The molecule has 1 aromatic carbocycles. The lowest BCUT2D eigenvalue weighted by Crippen LogP contribution is -2.54. The van der Waals surface area contributed by atoms with Crippen molar-refractivity contribution in [3.05, 3.63) is 35.6 Å². The lowest BCUT2D eigenvalue weighted by atomic mass is 10.1. The van der Waals surface area contributed by atoms with Crippen LogP contribution >= 0.6 is 0 Å². The first-order chi connectivity index (χ1) is 15.1. The molecular formula is C23H36FN5O2. The number of benzene rings is 1. The van der Waals surface area contributed by atoms with Gasteiger partial charge in [-0.2, -0.15) is 0 Å². The minimum absolute atomic E-state index is 0.210. The van der Waals surface area contributed by atoms with Gasteiger partial charge in [0.2, 0.25) is 5.91 Å². The van der Waals surface area contributed by atoms with Gasteiger partial charge in [0.1, 0.15) is 5.82 Å². The van der Waals surface area contributed by atoms with Gasteiger partial charge in [-0.1, -0.05) is 25.0 Å². The van der Waals surface area contributed by atoms with Crippen LogP contribution in [-0.4, -0.2) is 90.6 Å². The molecule has 1 amide bonds. The Morgan fingerprint density at radius 3 is 2.29 bits per heavy atom. The van der Waals surface area contributed by atoms with Gasteiger partial charge in [-0.3, -0.25) is 14.7 Å². The highest BCUT2D eigenvalue weighted by Crippen LogP contribution is 2.14. The Hall–Kier alpha value is -2.19. The third-order valence-electron chi connectivity index (χ3n) is 5.99. The Labute approximate surface area is 184 Å². The Balaban J connectivity index is 1.49. The van der Waals surface area contributed by atoms with Crippen LogP contribution in [0.5, 0.6) is 0 Å². The van der Waals surface area contributed by atoms with Crippen molar-refractivity contribution in [3.8, 4) is 0 Å². The number of guanidine groups is 1. The zero-order valence-corrected chi connectivity index (χ0v) is 18.6. The Morgan fingerprint density at radius 1 is 1.03 bits per heavy atom. The van der Waals surface area contributed by atoms with Crippen molar-refractivity contribution in [3.63, 3.8) is 0 Å². The normalized spacial score (nSPS) is 19.8. The van der Waals surface area contributed by atoms with Gasteiger partial charge in [-0.25, -0.2) is 4.39 Å². The van der Waals surface area contributed by atoms with Crippen LogP contribution in [0.25, 0.3) is 0 Å². The largest absolute Gasteiger partial charge is 0.386 e. The van der Waals surface area contributed by atoms with E-state index in [1.54, 1.807) is 12.1 Å². The molecule has 1 atom stereocenters. The number of nitrogens with one attached hydrogen (secondary N) is 1. The zero-order chi connectivity index (χ0) is 22.1. The summed E-state index contributed by atoms with van der Waals surface area (Å²) < 4.78 is 13.1. The first-order valence-corrected chi connectivity index (χ1v) is 11.5. The van der Waals surface area contributed by atoms with Crippen LogP contribution in [0.2, 0.25) is 0 Å². The summed E-state index contributed by atoms with van der Waals surface area (Å²) in [7, 11) is 0. The first-order valence-electron chi connectivity index (χ1n) is 11.5. The molecular weight excluding hydrogens is 397 g/mol. The lowest BCUT2D eigenvalue weighted by molar-refractivity contribution is -0.132. The number of aliphatic hydroxyl groups is 1. The van der Waals surface area contributed by atoms with Crippen LogP contribution in [0.3, 0.4) is 0 Å². The van der Waals surface area contributed by atoms with Crippen LogP contribution in [-0.2, 0) is 4.79 Å². The number of hydrogen-bond acceptors (Lipinski definition) is 4. The van der Waals surface area contributed by atoms with Crippen LogP contribution in [0, 0.1) is 5.82 Å². The molecule has 1 unspecified atom stereocenters. The molecule has 2 aliphatic heterocycles. The molecule has 2 fully saturated rings. The summed E-state index contributed by atoms with van der Waals surface area (Å²) in [5.41, 5.74) is 0.651. The van der Waals surface area contributed by atoms with Crippen molar-refractivity contribution >= 4 is 11.9 Å². The molecule has 2 N–H and O–H groups in total. The lowest BCUT2D eigenvalue weighted by Gasteiger charge is -2.37. The number of carbonyl (C=O) groups excluding carboxylic acids is 1. The van der Waals surface area contributed by atoms with E-state index in [-0.39, 0.29) is 18.3 Å². The van der Waals surface area contributed by atoms with Gasteiger partial charge in [0, 0.05) is 45.8 Å². The third kappa shape index (κ3) is 7.18. The second-order valence-corrected chi connectivity index (χ2v) is 8.32. The Bertz CT molecular complexity index is 711. The SMILES string of the molecule is CCNC(=NCC(O)c1ccc(F)cc1)N1CCN(CC(=O)N2CCCCCC2)CC1. The highest BCUT2D eigenvalue weighted by molar-refractivity contribution is 5.80. The maximum Gasteiger partial charge on any atom is 0.236 e. The smallest absolute Gasteiger partial charge is 0.236 e. The van der Waals surface area contributed by atoms with Gasteiger partial charge < -0.3 is 20.2 Å². The number of rotatable bonds is 6. The van der Waals surface area contributed by atoms with Gasteiger partial charge in [0.05, 0.1) is 19.2 Å². The molecule has 1 aromatic rings. The summed E-state index contributed by atoms with van der Waals surface area (Å²) in [4.78, 5) is 23.7. The molecule has 0 aliphatic carbocycles. The maximum atomic E-state index is 13.1. The topological polar surface area (TPSA) is 71.4 Å². The summed E-state index contributed by atoms with van der Waals surface area (Å²) in [6.45, 7) is 8.43. The zero-order valence-electron chi connectivity index (χ0n) is 18.6. The van der Waals surface area contributed by atoms with E-state index < -0.39 is 6.10 Å². The molecule has 0 aromatic heterocycles. The van der Waals surface area contributed by atoms with Crippen molar-refractivity contribution in [2.24, 2.45) is 4.99 Å². The highest BCUT2D eigenvalue weighted by atomic mass is 19.1. The van der Waals surface area contributed by atoms with E-state index in [1.807, 2.05) is 11.8 Å². The predicted octanol–water partition coefficient (Wildman–Crippen LogP) is 1.84. The molecule has 0 spiro atoms. The molecule has 3 rings (SSSR count). The van der Waals surface area contributed by atoms with Gasteiger partial charge in [0.25, 0.3) is 0 Å². The predicted molar refractivity (Wildman–Crippen MR) is 120 cm³/mol. The average Bonchev–Trinajstić information content (AvgIpc) is 3.07. The summed E-state index contributed by atoms with van der Waals surface area (Å²) in [6, 6.07) is 5.87. The first kappa shape index (κ1) is 23.5. The molecule has 31 heavy (non-hydrogen) atoms. The minimum Gasteiger partial charge on any atom is -0.386 e. The Morgan fingerprint density at radius 2 is 1.68 bits per heavy atom. The van der Waals surface area contributed by atoms with Crippen molar-refractivity contribution in [1.82, 2.24) is 20.0 Å². The van der Waals surface area contributed by atoms with E-state index in [0.29, 0.717) is 12.1 Å². The highest BCUT2D eigenvalue weighted by Gasteiger charge is 2.24. The summed E-state index contributed by atoms with van der Waals surface area (Å²) >= 11 is 0. The summed E-state index contributed by atoms with van der Waals surface area (Å²) in [6.07, 6.45) is 3.91. The molecule has 0 saturated carbocycles. The number of aliphatic hydroxyl groups excluding tert-OH is 1. The minimum atomic E-state index is -0.776. The van der Waals surface area contributed by atoms with Crippen molar-refractivity contribution in [1.29, 1.82) is 0 Å². The summed E-state index contributed by atoms with van der Waals surface area (Å²) in [5.74, 6) is 0.695. The van der Waals surface area contributed by atoms with Crippen LogP contribution in [0.4, 0.5) is 4.39 Å². The Kier molecular flexibility index (Phi) is 9.09. The number of halogens is 1. The number of carbonyl (C=O) groups is 1. The molecule has 2 aliphatic rings. The second kappa shape index (κ2) is 12.0. The number of likely N-dealkylation sites (tertiary alicyclic amines) is 1. The van der Waals surface area contributed by atoms with E-state index in [4.69, 9.17) is 0 Å². The van der Waals surface area contributed by atoms with Crippen molar-refractivity contribution in [2.45, 2.75) is 38.7 Å². The van der Waals surface area contributed by atoms with Crippen molar-refractivity contribution < 1.29 is 14.3 Å². The number of aliphatic imine (C=N–C) groups is 1. The molecule has 172 valence electrons. The van der Waals surface area contributed by atoms with Gasteiger partial charge in [-0.05, 0) is 37.5 Å². The second-order valence-electron chi connectivity index (χ2n) is 8.32. The number of nitrogens with zero attached hydrogens (tertiary/aromatic N) is 4. The monoisotopic (exact) mass is 433 g/mol. The molecule has 2 heterocycles. The fourth-order valence-corrected chi connectivity index (χ4v) is 4.12. The molecule has 8 heteroatoms. The van der Waals surface area contributed by atoms with Crippen molar-refractivity contribution in [2.75, 3.05) is 58.9 Å². The maximum absolute atomic E-state index is 13.1. The van der Waals surface area contributed by atoms with E-state index in [1.165, 1.54) is 25.0 Å². The van der Waals surface area contributed by atoms with E-state index >= 15 is 0 Å². The van der Waals surface area contributed by atoms with Gasteiger partial charge >= 0.3 is 0 Å². The van der Waals surface area contributed by atoms with Gasteiger partial charge in [-0.15, -0.1) is 0 Å². The van der Waals surface area contributed by atoms with E-state index in [2.05, 4.69) is 20.1 Å². The van der Waals surface area contributed by atoms with E-state index in [0.717, 1.165) is 64.6 Å². The molecule has 2 saturated heterocycles. The number of amides is 1. The average molecular weight is 434 g/mol. The van der Waals surface area contributed by atoms with Crippen LogP contribution < -0.4 is 5.32 Å². The molecule has 7 nitrogen and oxygen atoms in total. The molecule has 0 bridgehead atoms. The standard InChI is InChI=1S/C23H36FN5O2/c1-2-25-23(26-17-21(30)19-7-9-20(24)10-8-19)29-15-13-27(14-16-29)18-22(31)28-11-5-3-4-6-12-28/h7-10,21,30H,2-6,11-18H2,1H3,(H,25,26). The van der Waals surface area contributed by atoms with Crippen LogP contribution in [0.15, 0.2) is 29.3 Å². The fourth-order valence-electron chi connectivity index (χ4n) is 4.12. The number of piperazine rings is 1. The third-order valence-corrected chi connectivity index (χ3v) is 5.99. The molecule has 0 radical (unpaired) electrons. The van der Waals surface area contributed by atoms with E-state index in [9.17, 15) is 14.3 Å². The van der Waals surface area contributed by atoms with Crippen LogP contribution in [0.1, 0.15) is 44.3 Å². The number of hydrogen-bond donors (Lipinski definition) is 2. The summed E-state index contributed by atoms with van der Waals surface area (Å²) in [5, 5.41) is 13.7. The fraction of sp³-hybridized carbons (Fsp3) is 0.652. The van der Waals surface area contributed by atoms with Gasteiger partial charge in [0.15, 0.2) is 5.96 Å².